The molecule has 2 aromatic rings. The zero-order valence-corrected chi connectivity index (χ0v) is 9.37. The van der Waals surface area contributed by atoms with Crippen LogP contribution in [0.25, 0.3) is 11.1 Å². The van der Waals surface area contributed by atoms with Gasteiger partial charge in [0.25, 0.3) is 0 Å². The van der Waals surface area contributed by atoms with E-state index in [-0.39, 0.29) is 5.82 Å². The zero-order chi connectivity index (χ0) is 12.3. The molecule has 0 amide bonds. The van der Waals surface area contributed by atoms with Crippen molar-refractivity contribution in [2.75, 3.05) is 7.05 Å². The summed E-state index contributed by atoms with van der Waals surface area (Å²) in [4.78, 5) is 3.74. The SMILES string of the molecule is CNCc1ccc(-c2cncc(F)c2)cc1F. The molecule has 2 nitrogen and oxygen atoms in total. The molecule has 1 heterocycles. The second kappa shape index (κ2) is 5.01. The van der Waals surface area contributed by atoms with E-state index in [0.29, 0.717) is 23.2 Å². The average molecular weight is 234 g/mol. The van der Waals surface area contributed by atoms with Crippen LogP contribution >= 0.6 is 0 Å². The maximum absolute atomic E-state index is 13.7. The molecule has 0 fully saturated rings. The van der Waals surface area contributed by atoms with E-state index >= 15 is 0 Å². The lowest BCUT2D eigenvalue weighted by Crippen LogP contribution is -2.06. The number of aromatic nitrogens is 1. The van der Waals surface area contributed by atoms with Crippen LogP contribution < -0.4 is 5.32 Å². The fraction of sp³-hybridized carbons (Fsp3) is 0.154. The molecule has 2 rings (SSSR count). The number of benzene rings is 1. The van der Waals surface area contributed by atoms with Crippen molar-refractivity contribution in [2.45, 2.75) is 6.54 Å². The highest BCUT2D eigenvalue weighted by Gasteiger charge is 2.05. The first-order valence-electron chi connectivity index (χ1n) is 5.24. The maximum atomic E-state index is 13.7. The van der Waals surface area contributed by atoms with Gasteiger partial charge in [-0.1, -0.05) is 12.1 Å². The molecular formula is C13H12F2N2. The lowest BCUT2D eigenvalue weighted by atomic mass is 10.1. The number of hydrogen-bond acceptors (Lipinski definition) is 2. The Morgan fingerprint density at radius 1 is 1.12 bits per heavy atom. The molecule has 1 aromatic carbocycles. The highest BCUT2D eigenvalue weighted by molar-refractivity contribution is 5.62. The van der Waals surface area contributed by atoms with Crippen molar-refractivity contribution in [3.63, 3.8) is 0 Å². The normalized spacial score (nSPS) is 10.5. The lowest BCUT2D eigenvalue weighted by Gasteiger charge is -2.06. The summed E-state index contributed by atoms with van der Waals surface area (Å²) in [5, 5.41) is 2.88. The lowest BCUT2D eigenvalue weighted by molar-refractivity contribution is 0.601. The van der Waals surface area contributed by atoms with Gasteiger partial charge in [0, 0.05) is 23.9 Å². The number of nitrogens with zero attached hydrogens (tertiary/aromatic N) is 1. The van der Waals surface area contributed by atoms with Crippen LogP contribution in [-0.4, -0.2) is 12.0 Å². The molecule has 0 radical (unpaired) electrons. The molecule has 0 saturated heterocycles. The third-order valence-electron chi connectivity index (χ3n) is 2.46. The van der Waals surface area contributed by atoms with E-state index < -0.39 is 5.82 Å². The van der Waals surface area contributed by atoms with Crippen LogP contribution in [0.2, 0.25) is 0 Å². The molecule has 0 aliphatic heterocycles. The van der Waals surface area contributed by atoms with Crippen LogP contribution in [0.15, 0.2) is 36.7 Å². The number of hydrogen-bond donors (Lipinski definition) is 1. The average Bonchev–Trinajstić information content (AvgIpc) is 2.32. The first-order chi connectivity index (χ1) is 8.20. The Morgan fingerprint density at radius 2 is 1.94 bits per heavy atom. The smallest absolute Gasteiger partial charge is 0.142 e. The maximum Gasteiger partial charge on any atom is 0.142 e. The summed E-state index contributed by atoms with van der Waals surface area (Å²) in [7, 11) is 1.75. The van der Waals surface area contributed by atoms with Crippen LogP contribution in [0.4, 0.5) is 8.78 Å². The van der Waals surface area contributed by atoms with Crippen LogP contribution in [-0.2, 0) is 6.54 Å². The van der Waals surface area contributed by atoms with Gasteiger partial charge in [-0.05, 0) is 24.7 Å². The second-order valence-electron chi connectivity index (χ2n) is 3.73. The summed E-state index contributed by atoms with van der Waals surface area (Å²) >= 11 is 0. The molecule has 0 aliphatic rings. The van der Waals surface area contributed by atoms with Gasteiger partial charge in [-0.15, -0.1) is 0 Å². The van der Waals surface area contributed by atoms with Gasteiger partial charge in [0.1, 0.15) is 11.6 Å². The summed E-state index contributed by atoms with van der Waals surface area (Å²) < 4.78 is 26.7. The molecule has 0 unspecified atom stereocenters. The zero-order valence-electron chi connectivity index (χ0n) is 9.37. The van der Waals surface area contributed by atoms with Crippen molar-refractivity contribution in [2.24, 2.45) is 0 Å². The number of halogens is 2. The second-order valence-corrected chi connectivity index (χ2v) is 3.73. The fourth-order valence-electron chi connectivity index (χ4n) is 1.63. The summed E-state index contributed by atoms with van der Waals surface area (Å²) in [5.74, 6) is -0.733. The van der Waals surface area contributed by atoms with Crippen molar-refractivity contribution < 1.29 is 8.78 Å². The summed E-state index contributed by atoms with van der Waals surface area (Å²) in [6.07, 6.45) is 2.63. The molecule has 0 aliphatic carbocycles. The Labute approximate surface area is 98.3 Å². The predicted molar refractivity (Wildman–Crippen MR) is 62.4 cm³/mol. The van der Waals surface area contributed by atoms with Crippen LogP contribution in [0, 0.1) is 11.6 Å². The molecule has 1 aromatic heterocycles. The van der Waals surface area contributed by atoms with Crippen LogP contribution in [0.5, 0.6) is 0 Å². The predicted octanol–water partition coefficient (Wildman–Crippen LogP) is 2.75. The van der Waals surface area contributed by atoms with E-state index in [4.69, 9.17) is 0 Å². The molecule has 0 spiro atoms. The highest BCUT2D eigenvalue weighted by Crippen LogP contribution is 2.21. The summed E-state index contributed by atoms with van der Waals surface area (Å²) in [6, 6.07) is 6.17. The molecule has 88 valence electrons. The fourth-order valence-corrected chi connectivity index (χ4v) is 1.63. The minimum atomic E-state index is -0.429. The van der Waals surface area contributed by atoms with Gasteiger partial charge in [-0.3, -0.25) is 4.98 Å². The third kappa shape index (κ3) is 2.65. The van der Waals surface area contributed by atoms with E-state index in [1.165, 1.54) is 18.3 Å². The monoisotopic (exact) mass is 234 g/mol. The Bertz CT molecular complexity index is 527. The van der Waals surface area contributed by atoms with Gasteiger partial charge in [-0.25, -0.2) is 8.78 Å². The Kier molecular flexibility index (Phi) is 3.44. The van der Waals surface area contributed by atoms with E-state index in [2.05, 4.69) is 10.3 Å². The van der Waals surface area contributed by atoms with Crippen molar-refractivity contribution in [3.8, 4) is 11.1 Å². The van der Waals surface area contributed by atoms with Gasteiger partial charge in [0.2, 0.25) is 0 Å². The van der Waals surface area contributed by atoms with E-state index in [1.807, 2.05) is 0 Å². The molecule has 0 bridgehead atoms. The molecular weight excluding hydrogens is 222 g/mol. The van der Waals surface area contributed by atoms with Gasteiger partial charge in [0.15, 0.2) is 0 Å². The van der Waals surface area contributed by atoms with Crippen molar-refractivity contribution in [1.29, 1.82) is 0 Å². The first-order valence-corrected chi connectivity index (χ1v) is 5.24. The van der Waals surface area contributed by atoms with Crippen molar-refractivity contribution in [3.05, 3.63) is 53.9 Å². The number of rotatable bonds is 3. The van der Waals surface area contributed by atoms with E-state index in [0.717, 1.165) is 6.20 Å². The summed E-state index contributed by atoms with van der Waals surface area (Å²) in [6.45, 7) is 0.466. The molecule has 4 heteroatoms. The molecule has 1 N–H and O–H groups in total. The Hall–Kier alpha value is -1.81. The largest absolute Gasteiger partial charge is 0.316 e. The minimum Gasteiger partial charge on any atom is -0.316 e. The number of nitrogens with one attached hydrogen (secondary N) is 1. The third-order valence-corrected chi connectivity index (χ3v) is 2.46. The topological polar surface area (TPSA) is 24.9 Å². The highest BCUT2D eigenvalue weighted by atomic mass is 19.1. The minimum absolute atomic E-state index is 0.305. The Morgan fingerprint density at radius 3 is 2.59 bits per heavy atom. The van der Waals surface area contributed by atoms with Gasteiger partial charge < -0.3 is 5.32 Å². The van der Waals surface area contributed by atoms with Gasteiger partial charge >= 0.3 is 0 Å². The van der Waals surface area contributed by atoms with E-state index in [1.54, 1.807) is 19.2 Å². The molecule has 0 atom stereocenters. The summed E-state index contributed by atoms with van der Waals surface area (Å²) in [5.41, 5.74) is 1.77. The van der Waals surface area contributed by atoms with E-state index in [9.17, 15) is 8.78 Å². The standard InChI is InChI=1S/C13H12F2N2/c1-16-6-10-3-2-9(5-13(10)15)11-4-12(14)8-17-7-11/h2-5,7-8,16H,6H2,1H3. The van der Waals surface area contributed by atoms with Crippen LogP contribution in [0.3, 0.4) is 0 Å². The Balaban J connectivity index is 2.37. The van der Waals surface area contributed by atoms with Gasteiger partial charge in [0.05, 0.1) is 6.20 Å². The first kappa shape index (κ1) is 11.7. The number of pyridine rings is 1. The molecule has 17 heavy (non-hydrogen) atoms. The van der Waals surface area contributed by atoms with Crippen LogP contribution in [0.1, 0.15) is 5.56 Å². The molecule has 0 saturated carbocycles. The van der Waals surface area contributed by atoms with Gasteiger partial charge in [-0.2, -0.15) is 0 Å². The quantitative estimate of drug-likeness (QED) is 0.883. The van der Waals surface area contributed by atoms with Crippen molar-refractivity contribution >= 4 is 0 Å². The van der Waals surface area contributed by atoms with Crippen molar-refractivity contribution in [1.82, 2.24) is 10.3 Å².